The maximum absolute atomic E-state index is 12.6. The molecular formula is C13H21ClN2O2S2. The normalized spacial score (nSPS) is 18.9. The Morgan fingerprint density at radius 1 is 1.40 bits per heavy atom. The first-order chi connectivity index (χ1) is 9.36. The van der Waals surface area contributed by atoms with E-state index in [1.54, 1.807) is 10.4 Å². The zero-order chi connectivity index (χ0) is 14.9. The van der Waals surface area contributed by atoms with Crippen LogP contribution >= 0.6 is 22.9 Å². The van der Waals surface area contributed by atoms with Crippen molar-refractivity contribution in [3.8, 4) is 0 Å². The number of aryl methyl sites for hydroxylation is 1. The molecule has 114 valence electrons. The predicted octanol–water partition coefficient (Wildman–Crippen LogP) is 2.51. The number of hydrogen-bond donors (Lipinski definition) is 0. The van der Waals surface area contributed by atoms with Crippen LogP contribution in [0, 0.1) is 6.92 Å². The van der Waals surface area contributed by atoms with Gasteiger partial charge in [-0.1, -0.05) is 0 Å². The summed E-state index contributed by atoms with van der Waals surface area (Å²) >= 11 is 7.13. The molecule has 0 atom stereocenters. The van der Waals surface area contributed by atoms with E-state index in [0.29, 0.717) is 29.2 Å². The first-order valence-corrected chi connectivity index (χ1v) is 9.47. The molecule has 1 aromatic rings. The van der Waals surface area contributed by atoms with Crippen LogP contribution in [0.3, 0.4) is 0 Å². The Labute approximate surface area is 130 Å². The maximum Gasteiger partial charge on any atom is 0.252 e. The lowest BCUT2D eigenvalue weighted by atomic mass is 10.1. The van der Waals surface area contributed by atoms with Crippen molar-refractivity contribution in [2.45, 2.75) is 35.9 Å². The number of halogens is 1. The van der Waals surface area contributed by atoms with Crippen molar-refractivity contribution in [2.24, 2.45) is 0 Å². The van der Waals surface area contributed by atoms with Crippen molar-refractivity contribution >= 4 is 33.0 Å². The summed E-state index contributed by atoms with van der Waals surface area (Å²) in [5.41, 5.74) is 0.965. The van der Waals surface area contributed by atoms with Gasteiger partial charge in [0.25, 0.3) is 10.0 Å². The van der Waals surface area contributed by atoms with E-state index < -0.39 is 10.0 Å². The molecule has 1 fully saturated rings. The van der Waals surface area contributed by atoms with E-state index in [1.165, 1.54) is 11.3 Å². The topological polar surface area (TPSA) is 40.6 Å². The Balaban J connectivity index is 2.15. The Morgan fingerprint density at radius 2 is 2.00 bits per heavy atom. The first kappa shape index (κ1) is 16.2. The zero-order valence-electron chi connectivity index (χ0n) is 12.1. The third kappa shape index (κ3) is 3.20. The highest BCUT2D eigenvalue weighted by Crippen LogP contribution is 2.31. The Kier molecular flexibility index (Phi) is 5.13. The predicted molar refractivity (Wildman–Crippen MR) is 84.1 cm³/mol. The summed E-state index contributed by atoms with van der Waals surface area (Å²) in [5, 5.41) is 0. The molecule has 0 aromatic carbocycles. The van der Waals surface area contributed by atoms with E-state index in [0.717, 1.165) is 23.3 Å². The molecule has 7 heteroatoms. The molecule has 2 heterocycles. The van der Waals surface area contributed by atoms with Crippen LogP contribution in [0.25, 0.3) is 0 Å². The van der Waals surface area contributed by atoms with Gasteiger partial charge in [-0.15, -0.1) is 22.9 Å². The monoisotopic (exact) mass is 336 g/mol. The van der Waals surface area contributed by atoms with Crippen LogP contribution in [0.1, 0.15) is 23.3 Å². The van der Waals surface area contributed by atoms with Crippen molar-refractivity contribution in [1.29, 1.82) is 0 Å². The SMILES string of the molecule is Cc1cc(S(=O)(=O)N2CCC(N(C)C)CC2)sc1CCl. The molecule has 1 aliphatic rings. The summed E-state index contributed by atoms with van der Waals surface area (Å²) in [4.78, 5) is 3.11. The Morgan fingerprint density at radius 3 is 2.45 bits per heavy atom. The van der Waals surface area contributed by atoms with E-state index in [2.05, 4.69) is 4.90 Å². The second-order valence-electron chi connectivity index (χ2n) is 5.40. The van der Waals surface area contributed by atoms with Crippen LogP contribution in [0.5, 0.6) is 0 Å². The van der Waals surface area contributed by atoms with E-state index in [9.17, 15) is 8.42 Å². The van der Waals surface area contributed by atoms with Crippen molar-refractivity contribution in [3.05, 3.63) is 16.5 Å². The Bertz CT molecular complexity index is 561. The lowest BCUT2D eigenvalue weighted by Gasteiger charge is -2.34. The summed E-state index contributed by atoms with van der Waals surface area (Å²) in [6.45, 7) is 3.10. The summed E-state index contributed by atoms with van der Waals surface area (Å²) in [7, 11) is 0.743. The molecular weight excluding hydrogens is 316 g/mol. The molecule has 0 unspecified atom stereocenters. The first-order valence-electron chi connectivity index (χ1n) is 6.68. The molecule has 4 nitrogen and oxygen atoms in total. The van der Waals surface area contributed by atoms with Crippen LogP contribution in [0.4, 0.5) is 0 Å². The Hall–Kier alpha value is -0.140. The molecule has 0 aliphatic carbocycles. The maximum atomic E-state index is 12.6. The molecule has 0 spiro atoms. The molecule has 0 amide bonds. The van der Waals surface area contributed by atoms with Crippen molar-refractivity contribution < 1.29 is 8.42 Å². The largest absolute Gasteiger partial charge is 0.306 e. The van der Waals surface area contributed by atoms with Crippen LogP contribution in [-0.4, -0.2) is 50.8 Å². The fourth-order valence-corrected chi connectivity index (χ4v) is 5.91. The van der Waals surface area contributed by atoms with E-state index in [1.807, 2.05) is 21.0 Å². The number of sulfonamides is 1. The molecule has 1 aliphatic heterocycles. The van der Waals surface area contributed by atoms with Crippen molar-refractivity contribution in [1.82, 2.24) is 9.21 Å². The number of hydrogen-bond acceptors (Lipinski definition) is 4. The third-order valence-corrected chi connectivity index (χ3v) is 7.88. The van der Waals surface area contributed by atoms with Gasteiger partial charge in [-0.25, -0.2) is 8.42 Å². The minimum atomic E-state index is -3.35. The van der Waals surface area contributed by atoms with E-state index in [4.69, 9.17) is 11.6 Å². The second-order valence-corrected chi connectivity index (χ2v) is 8.97. The quantitative estimate of drug-likeness (QED) is 0.793. The molecule has 20 heavy (non-hydrogen) atoms. The zero-order valence-corrected chi connectivity index (χ0v) is 14.5. The molecule has 0 radical (unpaired) electrons. The van der Waals surface area contributed by atoms with Crippen LogP contribution in [0.2, 0.25) is 0 Å². The molecule has 1 aromatic heterocycles. The van der Waals surface area contributed by atoms with E-state index in [-0.39, 0.29) is 0 Å². The number of thiophene rings is 1. The lowest BCUT2D eigenvalue weighted by Crippen LogP contribution is -2.44. The van der Waals surface area contributed by atoms with Crippen LogP contribution in [-0.2, 0) is 15.9 Å². The fourth-order valence-electron chi connectivity index (χ4n) is 2.47. The average molecular weight is 337 g/mol. The standard InChI is InChI=1S/C13H21ClN2O2S2/c1-10-8-13(19-12(10)9-14)20(17,18)16-6-4-11(5-7-16)15(2)3/h8,11H,4-7,9H2,1-3H3. The summed E-state index contributed by atoms with van der Waals surface area (Å²) in [6.07, 6.45) is 1.78. The average Bonchev–Trinajstić information content (AvgIpc) is 2.80. The van der Waals surface area contributed by atoms with Crippen LogP contribution < -0.4 is 0 Å². The van der Waals surface area contributed by atoms with Gasteiger partial charge >= 0.3 is 0 Å². The smallest absolute Gasteiger partial charge is 0.252 e. The number of nitrogens with zero attached hydrogens (tertiary/aromatic N) is 2. The molecule has 1 saturated heterocycles. The van der Waals surface area contributed by atoms with Gasteiger partial charge in [-0.05, 0) is 45.5 Å². The lowest BCUT2D eigenvalue weighted by molar-refractivity contribution is 0.197. The fraction of sp³-hybridized carbons (Fsp3) is 0.692. The molecule has 2 rings (SSSR count). The van der Waals surface area contributed by atoms with Gasteiger partial charge in [-0.3, -0.25) is 0 Å². The minimum absolute atomic E-state index is 0.370. The van der Waals surface area contributed by atoms with Gasteiger partial charge in [0.05, 0.1) is 5.88 Å². The minimum Gasteiger partial charge on any atom is -0.306 e. The highest BCUT2D eigenvalue weighted by Gasteiger charge is 2.31. The van der Waals surface area contributed by atoms with Gasteiger partial charge in [0, 0.05) is 24.0 Å². The highest BCUT2D eigenvalue weighted by molar-refractivity contribution is 7.91. The van der Waals surface area contributed by atoms with Crippen LogP contribution in [0.15, 0.2) is 10.3 Å². The van der Waals surface area contributed by atoms with Gasteiger partial charge < -0.3 is 4.90 Å². The molecule has 0 bridgehead atoms. The third-order valence-electron chi connectivity index (χ3n) is 3.87. The van der Waals surface area contributed by atoms with Crippen molar-refractivity contribution in [2.75, 3.05) is 27.2 Å². The van der Waals surface area contributed by atoms with Gasteiger partial charge in [0.15, 0.2) is 0 Å². The highest BCUT2D eigenvalue weighted by atomic mass is 35.5. The van der Waals surface area contributed by atoms with Crippen molar-refractivity contribution in [3.63, 3.8) is 0 Å². The summed E-state index contributed by atoms with van der Waals surface area (Å²) in [6, 6.07) is 2.22. The number of alkyl halides is 1. The van der Waals surface area contributed by atoms with Gasteiger partial charge in [-0.2, -0.15) is 4.31 Å². The summed E-state index contributed by atoms with van der Waals surface area (Å²) in [5.74, 6) is 0.370. The second kappa shape index (κ2) is 6.32. The molecule has 0 N–H and O–H groups in total. The van der Waals surface area contributed by atoms with Gasteiger partial charge in [0.1, 0.15) is 4.21 Å². The molecule has 0 saturated carbocycles. The number of piperidine rings is 1. The summed E-state index contributed by atoms with van der Waals surface area (Å²) < 4.78 is 27.3. The van der Waals surface area contributed by atoms with E-state index >= 15 is 0 Å². The number of rotatable bonds is 4. The van der Waals surface area contributed by atoms with Gasteiger partial charge in [0.2, 0.25) is 0 Å².